The zero-order chi connectivity index (χ0) is 6.69. The minimum atomic E-state index is -0.973. The lowest BCUT2D eigenvalue weighted by Crippen LogP contribution is -2.09. The molecule has 0 unspecified atom stereocenters. The fraction of sp³-hybridized carbons (Fsp3) is 0. The van der Waals surface area contributed by atoms with Crippen molar-refractivity contribution >= 4 is 33.5 Å². The Morgan fingerprint density at radius 3 is 2.89 bits per heavy atom. The Morgan fingerprint density at radius 1 is 1.78 bits per heavy atom. The summed E-state index contributed by atoms with van der Waals surface area (Å²) in [6, 6.07) is 0. The average Bonchev–Trinajstić information content (AvgIpc) is 1.90. The summed E-state index contributed by atoms with van der Waals surface area (Å²) in [5.74, 6) is -0.973. The third-order valence-electron chi connectivity index (χ3n) is 0.679. The van der Waals surface area contributed by atoms with Gasteiger partial charge in [-0.05, 0) is 22.3 Å². The monoisotopic (exact) mass is 161 g/mol. The highest BCUT2D eigenvalue weighted by Gasteiger charge is 2.06. The van der Waals surface area contributed by atoms with E-state index in [-0.39, 0.29) is 5.71 Å². The van der Waals surface area contributed by atoms with E-state index in [9.17, 15) is 4.79 Å². The van der Waals surface area contributed by atoms with Gasteiger partial charge < -0.3 is 5.11 Å². The maximum Gasteiger partial charge on any atom is 0.355 e. The van der Waals surface area contributed by atoms with Crippen LogP contribution in [0.15, 0.2) is 15.9 Å². The van der Waals surface area contributed by atoms with Crippen molar-refractivity contribution in [3.8, 4) is 0 Å². The Morgan fingerprint density at radius 2 is 2.56 bits per heavy atom. The molecular formula is C4H3NO2S2. The summed E-state index contributed by atoms with van der Waals surface area (Å²) in [6.45, 7) is 0. The van der Waals surface area contributed by atoms with Crippen LogP contribution in [0.3, 0.4) is 0 Å². The molecule has 0 aliphatic carbocycles. The van der Waals surface area contributed by atoms with Crippen LogP contribution >= 0.6 is 21.8 Å². The predicted octanol–water partition coefficient (Wildman–Crippen LogP) is 1.34. The minimum Gasteiger partial charge on any atom is -0.476 e. The number of carboxylic acid groups (broad SMARTS) is 1. The van der Waals surface area contributed by atoms with Crippen molar-refractivity contribution in [1.82, 2.24) is 0 Å². The third kappa shape index (κ3) is 1.76. The van der Waals surface area contributed by atoms with Gasteiger partial charge in [-0.3, -0.25) is 0 Å². The molecular weight excluding hydrogens is 158 g/mol. The molecule has 0 saturated carbocycles. The van der Waals surface area contributed by atoms with Gasteiger partial charge in [-0.1, -0.05) is 0 Å². The van der Waals surface area contributed by atoms with Gasteiger partial charge in [-0.25, -0.2) is 4.79 Å². The van der Waals surface area contributed by atoms with E-state index < -0.39 is 5.97 Å². The van der Waals surface area contributed by atoms with E-state index in [1.54, 1.807) is 5.41 Å². The molecule has 5 heteroatoms. The number of aliphatic carboxylic acids is 1. The van der Waals surface area contributed by atoms with E-state index in [1.165, 1.54) is 27.8 Å². The minimum absolute atomic E-state index is 0.110. The van der Waals surface area contributed by atoms with Crippen LogP contribution < -0.4 is 0 Å². The highest BCUT2D eigenvalue weighted by atomic mass is 33.1. The summed E-state index contributed by atoms with van der Waals surface area (Å²) in [6.07, 6.45) is 1.48. The summed E-state index contributed by atoms with van der Waals surface area (Å²) in [7, 11) is 2.57. The van der Waals surface area contributed by atoms with Crippen LogP contribution in [0.5, 0.6) is 0 Å². The van der Waals surface area contributed by atoms with Gasteiger partial charge in [0.15, 0.2) is 5.71 Å². The molecule has 0 aromatic rings. The van der Waals surface area contributed by atoms with Crippen molar-refractivity contribution < 1.29 is 9.90 Å². The van der Waals surface area contributed by atoms with Crippen molar-refractivity contribution in [1.29, 1.82) is 0 Å². The second-order valence-electron chi connectivity index (χ2n) is 1.26. The molecule has 0 amide bonds. The number of carbonyl (C=O) groups is 1. The molecule has 0 bridgehead atoms. The van der Waals surface area contributed by atoms with Gasteiger partial charge in [-0.15, -0.1) is 0 Å². The first-order valence-electron chi connectivity index (χ1n) is 2.11. The highest BCUT2D eigenvalue weighted by molar-refractivity contribution is 8.77. The van der Waals surface area contributed by atoms with Crippen LogP contribution in [0.2, 0.25) is 0 Å². The second kappa shape index (κ2) is 2.93. The number of hydrogen-bond acceptors (Lipinski definition) is 4. The smallest absolute Gasteiger partial charge is 0.355 e. The van der Waals surface area contributed by atoms with Crippen molar-refractivity contribution in [3.63, 3.8) is 0 Å². The zero-order valence-electron chi connectivity index (χ0n) is 4.27. The average molecular weight is 161 g/mol. The maximum absolute atomic E-state index is 10.1. The second-order valence-corrected chi connectivity index (χ2v) is 3.08. The van der Waals surface area contributed by atoms with Crippen molar-refractivity contribution in [3.05, 3.63) is 11.5 Å². The Labute approximate surface area is 59.8 Å². The highest BCUT2D eigenvalue weighted by Crippen LogP contribution is 2.27. The lowest BCUT2D eigenvalue weighted by Gasteiger charge is -1.96. The maximum atomic E-state index is 10.1. The summed E-state index contributed by atoms with van der Waals surface area (Å²) < 4.78 is 3.64. The standard InChI is InChI=1S/C4H3NO2S2/c6-4(7)3-1-2-8-9-5-3/h1-2H,(H,6,7). The number of hydrogen-bond donors (Lipinski definition) is 1. The fourth-order valence-electron chi connectivity index (χ4n) is 0.320. The summed E-state index contributed by atoms with van der Waals surface area (Å²) in [5.41, 5.74) is 0.110. The van der Waals surface area contributed by atoms with E-state index in [4.69, 9.17) is 5.11 Å². The normalized spacial score (nSPS) is 17.1. The summed E-state index contributed by atoms with van der Waals surface area (Å²) >= 11 is 0. The molecule has 1 rings (SSSR count). The topological polar surface area (TPSA) is 49.7 Å². The summed E-state index contributed by atoms with van der Waals surface area (Å²) in [5, 5.41) is 10.0. The molecule has 0 spiro atoms. The van der Waals surface area contributed by atoms with Gasteiger partial charge in [-0.2, -0.15) is 4.40 Å². The van der Waals surface area contributed by atoms with Gasteiger partial charge >= 0.3 is 5.97 Å². The van der Waals surface area contributed by atoms with Crippen LogP contribution in [0.25, 0.3) is 0 Å². The third-order valence-corrected chi connectivity index (χ3v) is 2.10. The quantitative estimate of drug-likeness (QED) is 0.465. The fourth-order valence-corrected chi connectivity index (χ4v) is 1.50. The van der Waals surface area contributed by atoms with Crippen molar-refractivity contribution in [2.24, 2.45) is 4.40 Å². The Bertz CT molecular complexity index is 187. The number of rotatable bonds is 1. The van der Waals surface area contributed by atoms with Crippen molar-refractivity contribution in [2.45, 2.75) is 0 Å². The Kier molecular flexibility index (Phi) is 2.18. The van der Waals surface area contributed by atoms with Crippen molar-refractivity contribution in [2.75, 3.05) is 0 Å². The Hall–Kier alpha value is -0.420. The first kappa shape index (κ1) is 6.70. The molecule has 9 heavy (non-hydrogen) atoms. The van der Waals surface area contributed by atoms with Gasteiger partial charge in [0.05, 0.1) is 0 Å². The van der Waals surface area contributed by atoms with E-state index in [0.29, 0.717) is 0 Å². The lowest BCUT2D eigenvalue weighted by atomic mass is 10.4. The van der Waals surface area contributed by atoms with E-state index >= 15 is 0 Å². The Balaban J connectivity index is 2.69. The molecule has 0 aromatic carbocycles. The summed E-state index contributed by atoms with van der Waals surface area (Å²) in [4.78, 5) is 10.1. The van der Waals surface area contributed by atoms with Crippen LogP contribution in [0.1, 0.15) is 0 Å². The first-order valence-corrected chi connectivity index (χ1v) is 4.28. The number of nitrogens with zero attached hydrogens (tertiary/aromatic N) is 1. The molecule has 1 N–H and O–H groups in total. The van der Waals surface area contributed by atoms with Crippen LogP contribution in [-0.2, 0) is 4.79 Å². The van der Waals surface area contributed by atoms with Gasteiger partial charge in [0.1, 0.15) is 0 Å². The molecule has 3 nitrogen and oxygen atoms in total. The van der Waals surface area contributed by atoms with E-state index in [1.807, 2.05) is 0 Å². The van der Waals surface area contributed by atoms with E-state index in [2.05, 4.69) is 4.40 Å². The number of carboxylic acids is 1. The molecule has 1 heterocycles. The molecule has 0 radical (unpaired) electrons. The first-order chi connectivity index (χ1) is 4.30. The lowest BCUT2D eigenvalue weighted by molar-refractivity contribution is -0.129. The largest absolute Gasteiger partial charge is 0.476 e. The molecule has 0 atom stereocenters. The van der Waals surface area contributed by atoms with Gasteiger partial charge in [0, 0.05) is 11.0 Å². The molecule has 48 valence electrons. The van der Waals surface area contributed by atoms with Crippen LogP contribution in [0.4, 0.5) is 0 Å². The zero-order valence-corrected chi connectivity index (χ0v) is 5.91. The molecule has 0 fully saturated rings. The van der Waals surface area contributed by atoms with E-state index in [0.717, 1.165) is 0 Å². The molecule has 1 aliphatic heterocycles. The van der Waals surface area contributed by atoms with Crippen LogP contribution in [0, 0.1) is 0 Å². The van der Waals surface area contributed by atoms with Gasteiger partial charge in [0.25, 0.3) is 0 Å². The van der Waals surface area contributed by atoms with Gasteiger partial charge in [0.2, 0.25) is 0 Å². The predicted molar refractivity (Wildman–Crippen MR) is 39.4 cm³/mol. The van der Waals surface area contributed by atoms with Crippen LogP contribution in [-0.4, -0.2) is 16.8 Å². The SMILES string of the molecule is O=C(O)C1=NSSC=C1. The molecule has 0 saturated heterocycles. The molecule has 1 aliphatic rings. The molecule has 0 aromatic heterocycles.